The maximum absolute atomic E-state index is 12.2. The summed E-state index contributed by atoms with van der Waals surface area (Å²) in [7, 11) is 0. The van der Waals surface area contributed by atoms with Gasteiger partial charge in [-0.25, -0.2) is 4.98 Å². The number of thiazole rings is 1. The third kappa shape index (κ3) is 3.93. The summed E-state index contributed by atoms with van der Waals surface area (Å²) >= 11 is 1.46. The molecule has 0 spiro atoms. The van der Waals surface area contributed by atoms with Crippen LogP contribution < -0.4 is 15.4 Å². The molecule has 4 rings (SSSR count). The summed E-state index contributed by atoms with van der Waals surface area (Å²) in [6, 6.07) is 11.6. The van der Waals surface area contributed by atoms with Gasteiger partial charge in [0, 0.05) is 12.1 Å². The third-order valence-electron chi connectivity index (χ3n) is 4.45. The number of carbonyl (C=O) groups is 2. The van der Waals surface area contributed by atoms with Crippen LogP contribution in [0.15, 0.2) is 36.4 Å². The molecule has 0 atom stereocenters. The summed E-state index contributed by atoms with van der Waals surface area (Å²) in [6.45, 7) is 2.01. The van der Waals surface area contributed by atoms with Gasteiger partial charge in [-0.3, -0.25) is 14.9 Å². The second kappa shape index (κ2) is 7.36. The Kier molecular flexibility index (Phi) is 4.77. The van der Waals surface area contributed by atoms with E-state index in [4.69, 9.17) is 4.74 Å². The molecule has 1 aromatic heterocycles. The lowest BCUT2D eigenvalue weighted by molar-refractivity contribution is -0.118. The van der Waals surface area contributed by atoms with Crippen molar-refractivity contribution in [2.24, 2.45) is 0 Å². The van der Waals surface area contributed by atoms with Crippen molar-refractivity contribution < 1.29 is 14.3 Å². The average Bonchev–Trinajstić information content (AvgIpc) is 3.07. The Morgan fingerprint density at radius 1 is 1.26 bits per heavy atom. The van der Waals surface area contributed by atoms with E-state index in [-0.39, 0.29) is 18.4 Å². The van der Waals surface area contributed by atoms with Gasteiger partial charge >= 0.3 is 0 Å². The molecular formula is C20H19N3O3S. The zero-order valence-corrected chi connectivity index (χ0v) is 15.7. The molecule has 0 radical (unpaired) electrons. The fourth-order valence-corrected chi connectivity index (χ4v) is 3.94. The Labute approximate surface area is 160 Å². The van der Waals surface area contributed by atoms with Crippen LogP contribution in [0.2, 0.25) is 0 Å². The monoisotopic (exact) mass is 381 g/mol. The van der Waals surface area contributed by atoms with Crippen LogP contribution in [0.1, 0.15) is 24.5 Å². The number of benzene rings is 2. The van der Waals surface area contributed by atoms with Crippen molar-refractivity contribution in [1.82, 2.24) is 4.98 Å². The van der Waals surface area contributed by atoms with Gasteiger partial charge in [0.25, 0.3) is 5.91 Å². The minimum absolute atomic E-state index is 0.0254. The molecule has 7 heteroatoms. The number of rotatable bonds is 5. The van der Waals surface area contributed by atoms with E-state index in [1.807, 2.05) is 12.1 Å². The predicted octanol–water partition coefficient (Wildman–Crippen LogP) is 3.76. The molecule has 27 heavy (non-hydrogen) atoms. The number of carbonyl (C=O) groups excluding carboxylic acids is 2. The van der Waals surface area contributed by atoms with E-state index < -0.39 is 0 Å². The average molecular weight is 381 g/mol. The van der Waals surface area contributed by atoms with Crippen molar-refractivity contribution in [3.05, 3.63) is 47.5 Å². The maximum atomic E-state index is 12.2. The number of amides is 2. The number of aromatic nitrogens is 1. The number of hydrogen-bond acceptors (Lipinski definition) is 5. The van der Waals surface area contributed by atoms with Crippen LogP contribution >= 0.6 is 11.3 Å². The predicted molar refractivity (Wildman–Crippen MR) is 107 cm³/mol. The van der Waals surface area contributed by atoms with Crippen LogP contribution in [0, 0.1) is 0 Å². The van der Waals surface area contributed by atoms with Gasteiger partial charge in [-0.2, -0.15) is 0 Å². The number of ether oxygens (including phenoxy) is 1. The summed E-state index contributed by atoms with van der Waals surface area (Å²) in [5.41, 5.74) is 3.95. The minimum Gasteiger partial charge on any atom is -0.484 e. The van der Waals surface area contributed by atoms with Crippen molar-refractivity contribution >= 4 is 44.2 Å². The molecule has 0 saturated carbocycles. The van der Waals surface area contributed by atoms with E-state index in [0.29, 0.717) is 23.7 Å². The summed E-state index contributed by atoms with van der Waals surface area (Å²) < 4.78 is 6.65. The van der Waals surface area contributed by atoms with Crippen LogP contribution in [0.5, 0.6) is 5.75 Å². The standard InChI is InChI=1S/C20H19N3O3S/c1-2-12-3-6-16-17(9-12)27-20(22-16)23-19(25)11-26-14-5-7-15-13(10-14)4-8-18(24)21-15/h3,5-7,9-10H,2,4,8,11H2,1H3,(H,21,24)(H,22,23,25). The van der Waals surface area contributed by atoms with Gasteiger partial charge in [0.2, 0.25) is 5.91 Å². The normalized spacial score (nSPS) is 13.1. The first-order valence-electron chi connectivity index (χ1n) is 8.85. The Morgan fingerprint density at radius 3 is 3.00 bits per heavy atom. The molecule has 0 fully saturated rings. The Hall–Kier alpha value is -2.93. The fourth-order valence-electron chi connectivity index (χ4n) is 3.00. The number of nitrogens with one attached hydrogen (secondary N) is 2. The number of anilines is 2. The van der Waals surface area contributed by atoms with Crippen LogP contribution in [0.25, 0.3) is 10.2 Å². The van der Waals surface area contributed by atoms with E-state index in [9.17, 15) is 9.59 Å². The lowest BCUT2D eigenvalue weighted by Crippen LogP contribution is -2.21. The van der Waals surface area contributed by atoms with Crippen molar-refractivity contribution in [1.29, 1.82) is 0 Å². The van der Waals surface area contributed by atoms with Crippen molar-refractivity contribution in [3.63, 3.8) is 0 Å². The SMILES string of the molecule is CCc1ccc2nc(NC(=O)COc3ccc4c(c3)CCC(=O)N4)sc2c1. The third-order valence-corrected chi connectivity index (χ3v) is 5.38. The first-order chi connectivity index (χ1) is 13.1. The molecule has 3 aromatic rings. The van der Waals surface area contributed by atoms with E-state index in [2.05, 4.69) is 34.7 Å². The second-order valence-electron chi connectivity index (χ2n) is 6.38. The Balaban J connectivity index is 1.38. The maximum Gasteiger partial charge on any atom is 0.264 e. The zero-order valence-electron chi connectivity index (χ0n) is 14.9. The molecule has 2 N–H and O–H groups in total. The molecule has 6 nitrogen and oxygen atoms in total. The Morgan fingerprint density at radius 2 is 2.15 bits per heavy atom. The molecule has 0 aliphatic carbocycles. The molecule has 138 valence electrons. The van der Waals surface area contributed by atoms with Gasteiger partial charge in [0.15, 0.2) is 11.7 Å². The summed E-state index contributed by atoms with van der Waals surface area (Å²) in [5, 5.41) is 6.19. The highest BCUT2D eigenvalue weighted by Gasteiger charge is 2.15. The lowest BCUT2D eigenvalue weighted by atomic mass is 10.0. The quantitative estimate of drug-likeness (QED) is 0.705. The molecule has 0 bridgehead atoms. The van der Waals surface area contributed by atoms with Gasteiger partial charge in [0.1, 0.15) is 5.75 Å². The molecule has 2 amide bonds. The highest BCUT2D eigenvalue weighted by atomic mass is 32.1. The minimum atomic E-state index is -0.254. The fraction of sp³-hybridized carbons (Fsp3) is 0.250. The van der Waals surface area contributed by atoms with Gasteiger partial charge < -0.3 is 10.1 Å². The van der Waals surface area contributed by atoms with Crippen LogP contribution in [-0.4, -0.2) is 23.4 Å². The first-order valence-corrected chi connectivity index (χ1v) is 9.67. The summed E-state index contributed by atoms with van der Waals surface area (Å²) in [4.78, 5) is 28.0. The van der Waals surface area contributed by atoms with Crippen molar-refractivity contribution in [2.75, 3.05) is 17.2 Å². The van der Waals surface area contributed by atoms with E-state index >= 15 is 0 Å². The van der Waals surface area contributed by atoms with E-state index in [1.54, 1.807) is 12.1 Å². The molecule has 0 unspecified atom stereocenters. The van der Waals surface area contributed by atoms with Gasteiger partial charge in [0.05, 0.1) is 10.2 Å². The topological polar surface area (TPSA) is 80.3 Å². The number of aryl methyl sites for hydroxylation is 2. The largest absolute Gasteiger partial charge is 0.484 e. The van der Waals surface area contributed by atoms with Crippen LogP contribution in [0.3, 0.4) is 0 Å². The summed E-state index contributed by atoms with van der Waals surface area (Å²) in [5.74, 6) is 0.380. The molecule has 2 heterocycles. The highest BCUT2D eigenvalue weighted by molar-refractivity contribution is 7.22. The number of hydrogen-bond donors (Lipinski definition) is 2. The first kappa shape index (κ1) is 17.5. The number of nitrogens with zero attached hydrogens (tertiary/aromatic N) is 1. The summed E-state index contributed by atoms with van der Waals surface area (Å²) in [6.07, 6.45) is 2.11. The smallest absolute Gasteiger partial charge is 0.264 e. The van der Waals surface area contributed by atoms with Crippen LogP contribution in [-0.2, 0) is 22.4 Å². The second-order valence-corrected chi connectivity index (χ2v) is 7.41. The van der Waals surface area contributed by atoms with Crippen molar-refractivity contribution in [3.8, 4) is 5.75 Å². The molecular weight excluding hydrogens is 362 g/mol. The Bertz CT molecular complexity index is 1030. The van der Waals surface area contributed by atoms with Gasteiger partial charge in [-0.1, -0.05) is 24.3 Å². The zero-order chi connectivity index (χ0) is 18.8. The lowest BCUT2D eigenvalue weighted by Gasteiger charge is -2.17. The van der Waals surface area contributed by atoms with E-state index in [0.717, 1.165) is 27.9 Å². The highest BCUT2D eigenvalue weighted by Crippen LogP contribution is 2.28. The van der Waals surface area contributed by atoms with Gasteiger partial charge in [-0.05, 0) is 54.3 Å². The van der Waals surface area contributed by atoms with Gasteiger partial charge in [-0.15, -0.1) is 0 Å². The molecule has 1 aliphatic rings. The van der Waals surface area contributed by atoms with Crippen LogP contribution in [0.4, 0.5) is 10.8 Å². The van der Waals surface area contributed by atoms with E-state index in [1.165, 1.54) is 16.9 Å². The van der Waals surface area contributed by atoms with Crippen molar-refractivity contribution in [2.45, 2.75) is 26.2 Å². The molecule has 2 aromatic carbocycles. The molecule has 0 saturated heterocycles. The number of fused-ring (bicyclic) bond motifs is 2. The molecule has 1 aliphatic heterocycles.